The van der Waals surface area contributed by atoms with Crippen molar-refractivity contribution in [2.24, 2.45) is 16.4 Å². The highest BCUT2D eigenvalue weighted by atomic mass is 19.1. The van der Waals surface area contributed by atoms with Gasteiger partial charge in [-0.05, 0) is 50.5 Å². The number of Topliss-reactive ketones (excluding diaryl/α,β-unsaturated/α-hetero) is 1. The molecule has 3 aliphatic rings. The molecule has 1 aromatic rings. The molecule has 0 bridgehead atoms. The number of benzene rings is 1. The predicted octanol–water partition coefficient (Wildman–Crippen LogP) is 3.71. The van der Waals surface area contributed by atoms with Crippen LogP contribution in [0.2, 0.25) is 0 Å². The third-order valence-corrected chi connectivity index (χ3v) is 5.38. The second-order valence-corrected chi connectivity index (χ2v) is 6.74. The molecular formula is C18H19FN2O. The summed E-state index contributed by atoms with van der Waals surface area (Å²) < 4.78 is 13.1. The largest absolute Gasteiger partial charge is 0.299 e. The second-order valence-electron chi connectivity index (χ2n) is 6.74. The molecule has 2 aliphatic carbocycles. The van der Waals surface area contributed by atoms with Gasteiger partial charge in [0.2, 0.25) is 0 Å². The Labute approximate surface area is 129 Å². The van der Waals surface area contributed by atoms with Crippen LogP contribution in [0.15, 0.2) is 41.0 Å². The quantitative estimate of drug-likeness (QED) is 0.740. The minimum atomic E-state index is -0.301. The van der Waals surface area contributed by atoms with E-state index in [-0.39, 0.29) is 23.2 Å². The van der Waals surface area contributed by atoms with Crippen LogP contribution in [-0.4, -0.2) is 18.0 Å². The third-order valence-electron chi connectivity index (χ3n) is 5.38. The summed E-state index contributed by atoms with van der Waals surface area (Å²) in [6.45, 7) is 2.09. The SMILES string of the molecule is C[C@]12CC3C=NN(c4ccc(F)cc4)C3C=C1CCCC2=O. The summed E-state index contributed by atoms with van der Waals surface area (Å²) in [5, 5.41) is 6.48. The van der Waals surface area contributed by atoms with Gasteiger partial charge in [0.25, 0.3) is 0 Å². The number of ketones is 1. The molecule has 1 fully saturated rings. The highest BCUT2D eigenvalue weighted by Crippen LogP contribution is 2.48. The first-order valence-electron chi connectivity index (χ1n) is 7.91. The van der Waals surface area contributed by atoms with Gasteiger partial charge < -0.3 is 0 Å². The Balaban J connectivity index is 1.70. The molecule has 1 aliphatic heterocycles. The molecule has 4 heteroatoms. The van der Waals surface area contributed by atoms with Crippen LogP contribution in [-0.2, 0) is 4.79 Å². The van der Waals surface area contributed by atoms with E-state index in [1.165, 1.54) is 17.7 Å². The average Bonchev–Trinajstić information content (AvgIpc) is 2.89. The number of allylic oxidation sites excluding steroid dienone is 1. The zero-order valence-electron chi connectivity index (χ0n) is 12.6. The van der Waals surface area contributed by atoms with Crippen molar-refractivity contribution in [2.75, 3.05) is 5.01 Å². The molecule has 22 heavy (non-hydrogen) atoms. The molecule has 0 saturated heterocycles. The molecule has 114 valence electrons. The van der Waals surface area contributed by atoms with E-state index >= 15 is 0 Å². The maximum absolute atomic E-state index is 13.1. The molecule has 0 N–H and O–H groups in total. The smallest absolute Gasteiger partial charge is 0.142 e. The van der Waals surface area contributed by atoms with E-state index in [0.717, 1.165) is 24.9 Å². The highest BCUT2D eigenvalue weighted by molar-refractivity contribution is 5.90. The number of hydrogen-bond acceptors (Lipinski definition) is 3. The fourth-order valence-electron chi connectivity index (χ4n) is 4.06. The van der Waals surface area contributed by atoms with Crippen LogP contribution in [0.4, 0.5) is 10.1 Å². The van der Waals surface area contributed by atoms with Gasteiger partial charge >= 0.3 is 0 Å². The molecule has 1 saturated carbocycles. The number of anilines is 1. The van der Waals surface area contributed by atoms with Gasteiger partial charge in [-0.3, -0.25) is 9.80 Å². The summed E-state index contributed by atoms with van der Waals surface area (Å²) in [5.74, 6) is 0.383. The molecular weight excluding hydrogens is 279 g/mol. The Kier molecular flexibility index (Phi) is 2.96. The summed E-state index contributed by atoms with van der Waals surface area (Å²) in [7, 11) is 0. The molecule has 4 rings (SSSR count). The number of carbonyl (C=O) groups is 1. The lowest BCUT2D eigenvalue weighted by atomic mass is 9.62. The minimum absolute atomic E-state index is 0.152. The van der Waals surface area contributed by atoms with Crippen molar-refractivity contribution >= 4 is 17.7 Å². The van der Waals surface area contributed by atoms with Crippen molar-refractivity contribution in [3.63, 3.8) is 0 Å². The van der Waals surface area contributed by atoms with Gasteiger partial charge in [-0.25, -0.2) is 4.39 Å². The summed E-state index contributed by atoms with van der Waals surface area (Å²) in [5.41, 5.74) is 1.86. The number of hydrazone groups is 1. The summed E-state index contributed by atoms with van der Waals surface area (Å²) in [4.78, 5) is 12.4. The number of carbonyl (C=O) groups excluding carboxylic acids is 1. The first-order valence-corrected chi connectivity index (χ1v) is 7.91. The highest BCUT2D eigenvalue weighted by Gasteiger charge is 2.47. The summed E-state index contributed by atoms with van der Waals surface area (Å²) >= 11 is 0. The number of halogens is 1. The number of fused-ring (bicyclic) bond motifs is 2. The lowest BCUT2D eigenvalue weighted by Gasteiger charge is -2.42. The molecule has 0 aromatic heterocycles. The maximum Gasteiger partial charge on any atom is 0.142 e. The molecule has 1 heterocycles. The second kappa shape index (κ2) is 4.77. The zero-order chi connectivity index (χ0) is 15.3. The Morgan fingerprint density at radius 1 is 1.27 bits per heavy atom. The van der Waals surface area contributed by atoms with Gasteiger partial charge in [0, 0.05) is 24.0 Å². The standard InChI is InChI=1S/C18H19FN2O/c1-18-10-12-11-20-21(15-7-5-14(19)6-8-15)16(12)9-13(18)3-2-4-17(18)22/h5-9,11-12,16H,2-4,10H2,1H3/t12?,16?,18-/m0/s1. The first kappa shape index (κ1) is 13.7. The van der Waals surface area contributed by atoms with Crippen molar-refractivity contribution in [3.8, 4) is 0 Å². The van der Waals surface area contributed by atoms with E-state index in [2.05, 4.69) is 18.1 Å². The Morgan fingerprint density at radius 3 is 2.82 bits per heavy atom. The normalized spacial score (nSPS) is 33.5. The van der Waals surface area contributed by atoms with Crippen molar-refractivity contribution in [1.82, 2.24) is 0 Å². The molecule has 3 nitrogen and oxygen atoms in total. The van der Waals surface area contributed by atoms with Crippen LogP contribution in [0.5, 0.6) is 0 Å². The molecule has 0 radical (unpaired) electrons. The Hall–Kier alpha value is -1.97. The van der Waals surface area contributed by atoms with Crippen molar-refractivity contribution < 1.29 is 9.18 Å². The topological polar surface area (TPSA) is 32.7 Å². The maximum atomic E-state index is 13.1. The molecule has 3 atom stereocenters. The Morgan fingerprint density at radius 2 is 2.05 bits per heavy atom. The summed E-state index contributed by atoms with van der Waals surface area (Å²) in [6.07, 6.45) is 7.68. The molecule has 2 unspecified atom stereocenters. The van der Waals surface area contributed by atoms with Gasteiger partial charge in [-0.15, -0.1) is 0 Å². The first-order chi connectivity index (χ1) is 10.6. The van der Waals surface area contributed by atoms with Gasteiger partial charge in [-0.2, -0.15) is 5.10 Å². The molecule has 0 amide bonds. The van der Waals surface area contributed by atoms with E-state index in [0.29, 0.717) is 12.2 Å². The predicted molar refractivity (Wildman–Crippen MR) is 84.3 cm³/mol. The lowest BCUT2D eigenvalue weighted by Crippen LogP contribution is -2.44. The molecule has 1 aromatic carbocycles. The van der Waals surface area contributed by atoms with E-state index in [9.17, 15) is 9.18 Å². The summed E-state index contributed by atoms with van der Waals surface area (Å²) in [6, 6.07) is 6.59. The van der Waals surface area contributed by atoms with Crippen LogP contribution in [0.1, 0.15) is 32.6 Å². The van der Waals surface area contributed by atoms with E-state index < -0.39 is 0 Å². The lowest BCUT2D eigenvalue weighted by molar-refractivity contribution is -0.128. The third kappa shape index (κ3) is 1.93. The fraction of sp³-hybridized carbons (Fsp3) is 0.444. The number of hydrogen-bond donors (Lipinski definition) is 0. The fourth-order valence-corrected chi connectivity index (χ4v) is 4.06. The van der Waals surface area contributed by atoms with Crippen LogP contribution in [0.25, 0.3) is 0 Å². The van der Waals surface area contributed by atoms with Crippen molar-refractivity contribution in [1.29, 1.82) is 0 Å². The molecule has 0 spiro atoms. The van der Waals surface area contributed by atoms with E-state index in [1.807, 2.05) is 11.2 Å². The van der Waals surface area contributed by atoms with Gasteiger partial charge in [0.05, 0.1) is 11.7 Å². The van der Waals surface area contributed by atoms with Gasteiger partial charge in [0.1, 0.15) is 11.6 Å². The van der Waals surface area contributed by atoms with E-state index in [1.54, 1.807) is 12.1 Å². The minimum Gasteiger partial charge on any atom is -0.299 e. The Bertz CT molecular complexity index is 679. The average molecular weight is 298 g/mol. The number of rotatable bonds is 1. The number of nitrogens with zero attached hydrogens (tertiary/aromatic N) is 2. The van der Waals surface area contributed by atoms with Crippen LogP contribution < -0.4 is 5.01 Å². The van der Waals surface area contributed by atoms with E-state index in [4.69, 9.17) is 0 Å². The van der Waals surface area contributed by atoms with Crippen molar-refractivity contribution in [3.05, 3.63) is 41.7 Å². The monoisotopic (exact) mass is 298 g/mol. The van der Waals surface area contributed by atoms with Crippen molar-refractivity contribution in [2.45, 2.75) is 38.6 Å². The van der Waals surface area contributed by atoms with Gasteiger partial charge in [-0.1, -0.05) is 11.6 Å². The zero-order valence-corrected chi connectivity index (χ0v) is 12.6. The van der Waals surface area contributed by atoms with Crippen LogP contribution in [0, 0.1) is 17.2 Å². The van der Waals surface area contributed by atoms with Gasteiger partial charge in [0.15, 0.2) is 0 Å². The van der Waals surface area contributed by atoms with Crippen LogP contribution in [0.3, 0.4) is 0 Å². The van der Waals surface area contributed by atoms with Crippen LogP contribution >= 0.6 is 0 Å².